The molecule has 0 amide bonds. The Morgan fingerprint density at radius 1 is 1.50 bits per heavy atom. The third-order valence-electron chi connectivity index (χ3n) is 2.76. The van der Waals surface area contributed by atoms with Crippen molar-refractivity contribution in [2.75, 3.05) is 18.1 Å². The van der Waals surface area contributed by atoms with Crippen LogP contribution in [0, 0.1) is 0 Å². The summed E-state index contributed by atoms with van der Waals surface area (Å²) in [6, 6.07) is 5.71. The molecule has 0 radical (unpaired) electrons. The number of carbonyl (C=O) groups excluding carboxylic acids is 1. The average molecular weight is 240 g/mol. The molecule has 0 unspecified atom stereocenters. The number of nitrogens with zero attached hydrogens (tertiary/aromatic N) is 1. The molecule has 86 valence electrons. The van der Waals surface area contributed by atoms with Gasteiger partial charge in [0.25, 0.3) is 0 Å². The van der Waals surface area contributed by atoms with Gasteiger partial charge >= 0.3 is 0 Å². The Bertz CT molecular complexity index is 391. The van der Waals surface area contributed by atoms with E-state index in [-0.39, 0.29) is 6.61 Å². The van der Waals surface area contributed by atoms with Crippen molar-refractivity contribution in [2.24, 2.45) is 0 Å². The van der Waals surface area contributed by atoms with E-state index in [4.69, 9.17) is 16.7 Å². The molecule has 0 aliphatic heterocycles. The first-order valence-corrected chi connectivity index (χ1v) is 5.77. The van der Waals surface area contributed by atoms with E-state index in [0.717, 1.165) is 24.8 Å². The second-order valence-corrected chi connectivity index (χ2v) is 4.35. The van der Waals surface area contributed by atoms with Gasteiger partial charge in [-0.3, -0.25) is 4.79 Å². The zero-order valence-corrected chi connectivity index (χ0v) is 9.65. The molecule has 1 saturated carbocycles. The minimum Gasteiger partial charge on any atom is -0.395 e. The number of para-hydroxylation sites is 1. The molecule has 0 saturated heterocycles. The van der Waals surface area contributed by atoms with Crippen LogP contribution in [0.4, 0.5) is 5.69 Å². The van der Waals surface area contributed by atoms with Crippen molar-refractivity contribution in [1.82, 2.24) is 0 Å². The molecule has 4 heteroatoms. The van der Waals surface area contributed by atoms with Crippen molar-refractivity contribution in [1.29, 1.82) is 0 Å². The lowest BCUT2D eigenvalue weighted by atomic mass is 10.1. The van der Waals surface area contributed by atoms with Crippen molar-refractivity contribution in [2.45, 2.75) is 18.9 Å². The molecule has 1 fully saturated rings. The fourth-order valence-electron chi connectivity index (χ4n) is 1.90. The Labute approximate surface area is 99.6 Å². The molecular weight excluding hydrogens is 226 g/mol. The highest BCUT2D eigenvalue weighted by atomic mass is 35.5. The van der Waals surface area contributed by atoms with E-state index in [9.17, 15) is 4.79 Å². The van der Waals surface area contributed by atoms with Gasteiger partial charge in [0.15, 0.2) is 6.29 Å². The number of hydrogen-bond donors (Lipinski definition) is 1. The maximum Gasteiger partial charge on any atom is 0.152 e. The summed E-state index contributed by atoms with van der Waals surface area (Å²) in [4.78, 5) is 13.0. The summed E-state index contributed by atoms with van der Waals surface area (Å²) in [6.07, 6.45) is 3.01. The maximum atomic E-state index is 11.0. The van der Waals surface area contributed by atoms with Gasteiger partial charge < -0.3 is 10.0 Å². The molecule has 0 bridgehead atoms. The molecule has 0 atom stereocenters. The number of aliphatic hydroxyl groups excluding tert-OH is 1. The number of hydrogen-bond acceptors (Lipinski definition) is 3. The van der Waals surface area contributed by atoms with Gasteiger partial charge in [0.2, 0.25) is 0 Å². The van der Waals surface area contributed by atoms with Gasteiger partial charge in [0.05, 0.1) is 17.3 Å². The molecule has 16 heavy (non-hydrogen) atoms. The first-order valence-electron chi connectivity index (χ1n) is 5.39. The number of aliphatic hydroxyl groups is 1. The van der Waals surface area contributed by atoms with E-state index in [1.54, 1.807) is 18.2 Å². The van der Waals surface area contributed by atoms with Crippen molar-refractivity contribution >= 4 is 23.6 Å². The van der Waals surface area contributed by atoms with Crippen molar-refractivity contribution < 1.29 is 9.90 Å². The van der Waals surface area contributed by atoms with Crippen LogP contribution in [0.3, 0.4) is 0 Å². The fourth-order valence-corrected chi connectivity index (χ4v) is 2.19. The van der Waals surface area contributed by atoms with Crippen molar-refractivity contribution in [3.63, 3.8) is 0 Å². The number of benzene rings is 1. The minimum absolute atomic E-state index is 0.0695. The van der Waals surface area contributed by atoms with Crippen LogP contribution in [-0.4, -0.2) is 30.6 Å². The summed E-state index contributed by atoms with van der Waals surface area (Å²) < 4.78 is 0. The second-order valence-electron chi connectivity index (χ2n) is 3.94. The zero-order valence-electron chi connectivity index (χ0n) is 8.90. The summed E-state index contributed by atoms with van der Waals surface area (Å²) in [5, 5.41) is 9.63. The molecule has 3 nitrogen and oxygen atoms in total. The average Bonchev–Trinajstić information content (AvgIpc) is 3.10. The molecule has 0 spiro atoms. The Morgan fingerprint density at radius 3 is 2.81 bits per heavy atom. The van der Waals surface area contributed by atoms with E-state index in [0.29, 0.717) is 23.2 Å². The third-order valence-corrected chi connectivity index (χ3v) is 3.07. The van der Waals surface area contributed by atoms with Crippen molar-refractivity contribution in [3.8, 4) is 0 Å². The fraction of sp³-hybridized carbons (Fsp3) is 0.417. The zero-order chi connectivity index (χ0) is 11.5. The van der Waals surface area contributed by atoms with Crippen LogP contribution in [0.25, 0.3) is 0 Å². The van der Waals surface area contributed by atoms with E-state index < -0.39 is 0 Å². The lowest BCUT2D eigenvalue weighted by Gasteiger charge is -2.26. The Kier molecular flexibility index (Phi) is 3.46. The van der Waals surface area contributed by atoms with Crippen LogP contribution >= 0.6 is 11.6 Å². The molecular formula is C12H14ClNO2. The first kappa shape index (κ1) is 11.4. The monoisotopic (exact) mass is 239 g/mol. The highest BCUT2D eigenvalue weighted by Gasteiger charge is 2.31. The smallest absolute Gasteiger partial charge is 0.152 e. The second kappa shape index (κ2) is 4.85. The van der Waals surface area contributed by atoms with Crippen molar-refractivity contribution in [3.05, 3.63) is 28.8 Å². The van der Waals surface area contributed by atoms with Gasteiger partial charge in [-0.1, -0.05) is 17.7 Å². The summed E-state index contributed by atoms with van der Waals surface area (Å²) >= 11 is 6.13. The number of rotatable bonds is 5. The molecule has 1 aliphatic carbocycles. The minimum atomic E-state index is 0.0695. The van der Waals surface area contributed by atoms with Crippen LogP contribution < -0.4 is 4.90 Å². The largest absolute Gasteiger partial charge is 0.395 e. The van der Waals surface area contributed by atoms with Gasteiger partial charge in [0.1, 0.15) is 0 Å². The third kappa shape index (κ3) is 2.20. The summed E-state index contributed by atoms with van der Waals surface area (Å²) in [7, 11) is 0. The van der Waals surface area contributed by atoms with E-state index in [1.165, 1.54) is 0 Å². The van der Waals surface area contributed by atoms with E-state index in [2.05, 4.69) is 0 Å². The van der Waals surface area contributed by atoms with Gasteiger partial charge in [-0.15, -0.1) is 0 Å². The van der Waals surface area contributed by atoms with E-state index in [1.807, 2.05) is 4.90 Å². The predicted octanol–water partition coefficient (Wildman–Crippen LogP) is 2.11. The Morgan fingerprint density at radius 2 is 2.25 bits per heavy atom. The van der Waals surface area contributed by atoms with Crippen LogP contribution in [0.15, 0.2) is 18.2 Å². The van der Waals surface area contributed by atoms with E-state index >= 15 is 0 Å². The highest BCUT2D eigenvalue weighted by molar-refractivity contribution is 6.34. The maximum absolute atomic E-state index is 11.0. The molecule has 0 aromatic heterocycles. The Hall–Kier alpha value is -1.06. The Balaban J connectivity index is 2.38. The lowest BCUT2D eigenvalue weighted by molar-refractivity contribution is 0.112. The molecule has 1 aromatic carbocycles. The van der Waals surface area contributed by atoms with Gasteiger partial charge in [-0.05, 0) is 25.0 Å². The normalized spacial score (nSPS) is 14.9. The number of halogens is 1. The van der Waals surface area contributed by atoms with Crippen LogP contribution in [0.2, 0.25) is 5.02 Å². The SMILES string of the molecule is O=Cc1cccc(Cl)c1N(CCO)C1CC1. The molecule has 2 rings (SSSR count). The van der Waals surface area contributed by atoms with Gasteiger partial charge in [-0.2, -0.15) is 0 Å². The summed E-state index contributed by atoms with van der Waals surface area (Å²) in [5.74, 6) is 0. The first-order chi connectivity index (χ1) is 7.77. The quantitative estimate of drug-likeness (QED) is 0.801. The molecule has 0 heterocycles. The van der Waals surface area contributed by atoms with Gasteiger partial charge in [-0.25, -0.2) is 0 Å². The van der Waals surface area contributed by atoms with Crippen LogP contribution in [0.1, 0.15) is 23.2 Å². The number of aldehydes is 1. The van der Waals surface area contributed by atoms with Gasteiger partial charge in [0, 0.05) is 18.2 Å². The topological polar surface area (TPSA) is 40.5 Å². The van der Waals surface area contributed by atoms with Crippen LogP contribution in [-0.2, 0) is 0 Å². The summed E-state index contributed by atoms with van der Waals surface area (Å²) in [6.45, 7) is 0.593. The number of anilines is 1. The standard InChI is InChI=1S/C12H14ClNO2/c13-11-3-1-2-9(8-16)12(11)14(6-7-15)10-4-5-10/h1-3,8,10,15H,4-7H2. The summed E-state index contributed by atoms with van der Waals surface area (Å²) in [5.41, 5.74) is 1.35. The number of carbonyl (C=O) groups is 1. The molecule has 1 aromatic rings. The lowest BCUT2D eigenvalue weighted by Crippen LogP contribution is -2.30. The predicted molar refractivity (Wildman–Crippen MR) is 64.3 cm³/mol. The van der Waals surface area contributed by atoms with Crippen LogP contribution in [0.5, 0.6) is 0 Å². The highest BCUT2D eigenvalue weighted by Crippen LogP contribution is 2.37. The molecule has 1 aliphatic rings. The molecule has 1 N–H and O–H groups in total.